The topological polar surface area (TPSA) is 62.1 Å². The van der Waals surface area contributed by atoms with Gasteiger partial charge in [0, 0.05) is 12.1 Å². The molecule has 0 radical (unpaired) electrons. The largest absolute Gasteiger partial charge is 0.469 e. The van der Waals surface area contributed by atoms with Crippen LogP contribution in [-0.4, -0.2) is 21.4 Å². The molecule has 2 aromatic rings. The fourth-order valence-electron chi connectivity index (χ4n) is 2.28. The molecule has 0 aromatic carbocycles. The Bertz CT molecular complexity index is 473. The van der Waals surface area contributed by atoms with Crippen LogP contribution in [-0.2, 0) is 19.3 Å². The van der Waals surface area contributed by atoms with Crippen LogP contribution in [0, 0.1) is 0 Å². The highest BCUT2D eigenvalue weighted by atomic mass is 16.3. The van der Waals surface area contributed by atoms with Crippen molar-refractivity contribution in [1.82, 2.24) is 10.2 Å². The summed E-state index contributed by atoms with van der Waals surface area (Å²) in [6.07, 6.45) is 4.62. The minimum atomic E-state index is -0.218. The molecule has 0 amide bonds. The second-order valence-corrected chi connectivity index (χ2v) is 4.28. The predicted molar refractivity (Wildman–Crippen MR) is 58.1 cm³/mol. The second-order valence-electron chi connectivity index (χ2n) is 4.28. The third-order valence-corrected chi connectivity index (χ3v) is 3.13. The smallest absolute Gasteiger partial charge is 0.109 e. The Labute approximate surface area is 93.3 Å². The average Bonchev–Trinajstić information content (AvgIpc) is 2.89. The van der Waals surface area contributed by atoms with Gasteiger partial charge in [0.2, 0.25) is 0 Å². The molecule has 3 rings (SSSR count). The van der Waals surface area contributed by atoms with E-state index < -0.39 is 0 Å². The van der Waals surface area contributed by atoms with E-state index in [9.17, 15) is 5.11 Å². The summed E-state index contributed by atoms with van der Waals surface area (Å²) in [5.41, 5.74) is 3.40. The van der Waals surface area contributed by atoms with Crippen LogP contribution in [0.15, 0.2) is 22.8 Å². The first kappa shape index (κ1) is 9.66. The summed E-state index contributed by atoms with van der Waals surface area (Å²) in [4.78, 5) is 0. The molecule has 2 heterocycles. The van der Waals surface area contributed by atoms with Crippen LogP contribution in [0.1, 0.15) is 29.1 Å². The van der Waals surface area contributed by atoms with Crippen LogP contribution in [0.2, 0.25) is 0 Å². The summed E-state index contributed by atoms with van der Waals surface area (Å²) in [5, 5.41) is 16.9. The van der Waals surface area contributed by atoms with E-state index >= 15 is 0 Å². The maximum Gasteiger partial charge on any atom is 0.109 e. The molecule has 0 saturated heterocycles. The van der Waals surface area contributed by atoms with E-state index in [0.29, 0.717) is 6.42 Å². The van der Waals surface area contributed by atoms with Crippen LogP contribution in [0.3, 0.4) is 0 Å². The van der Waals surface area contributed by atoms with Gasteiger partial charge in [-0.3, -0.25) is 5.10 Å². The molecule has 84 valence electrons. The number of aromatic nitrogens is 2. The number of furan rings is 1. The fraction of sp³-hybridized carbons (Fsp3) is 0.417. The van der Waals surface area contributed by atoms with Gasteiger partial charge in [-0.25, -0.2) is 0 Å². The molecule has 1 atom stereocenters. The number of H-pyrrole nitrogens is 1. The summed E-state index contributed by atoms with van der Waals surface area (Å²) in [6, 6.07) is 3.84. The van der Waals surface area contributed by atoms with Gasteiger partial charge >= 0.3 is 0 Å². The molecule has 1 aliphatic rings. The number of fused-ring (bicyclic) bond motifs is 1. The lowest BCUT2D eigenvalue weighted by Crippen LogP contribution is -2.18. The molecule has 0 saturated carbocycles. The molecule has 16 heavy (non-hydrogen) atoms. The summed E-state index contributed by atoms with van der Waals surface area (Å²) in [6.45, 7) is 0. The van der Waals surface area contributed by atoms with Gasteiger partial charge in [0.25, 0.3) is 0 Å². The summed E-state index contributed by atoms with van der Waals surface area (Å²) in [5.74, 6) is 0.931. The van der Waals surface area contributed by atoms with Crippen molar-refractivity contribution in [3.05, 3.63) is 41.1 Å². The first-order chi connectivity index (χ1) is 7.83. The number of hydrogen-bond donors (Lipinski definition) is 2. The van der Waals surface area contributed by atoms with Gasteiger partial charge in [-0.1, -0.05) is 0 Å². The zero-order chi connectivity index (χ0) is 11.0. The zero-order valence-corrected chi connectivity index (χ0v) is 8.94. The summed E-state index contributed by atoms with van der Waals surface area (Å²) in [7, 11) is 0. The first-order valence-corrected chi connectivity index (χ1v) is 5.58. The highest BCUT2D eigenvalue weighted by Crippen LogP contribution is 2.24. The maximum atomic E-state index is 9.56. The summed E-state index contributed by atoms with van der Waals surface area (Å²) >= 11 is 0. The lowest BCUT2D eigenvalue weighted by atomic mass is 9.93. The minimum Gasteiger partial charge on any atom is -0.469 e. The number of aromatic amines is 1. The Morgan fingerprint density at radius 2 is 2.50 bits per heavy atom. The van der Waals surface area contributed by atoms with Crippen LogP contribution >= 0.6 is 0 Å². The number of aliphatic hydroxyl groups excluding tert-OH is 1. The fourth-order valence-corrected chi connectivity index (χ4v) is 2.28. The number of nitrogens with one attached hydrogen (secondary N) is 1. The van der Waals surface area contributed by atoms with E-state index in [2.05, 4.69) is 10.2 Å². The van der Waals surface area contributed by atoms with Gasteiger partial charge in [-0.05, 0) is 30.5 Å². The normalized spacial score (nSPS) is 19.7. The Morgan fingerprint density at radius 3 is 3.31 bits per heavy atom. The van der Waals surface area contributed by atoms with Crippen molar-refractivity contribution in [3.8, 4) is 0 Å². The van der Waals surface area contributed by atoms with Gasteiger partial charge < -0.3 is 9.52 Å². The van der Waals surface area contributed by atoms with Gasteiger partial charge in [0.1, 0.15) is 5.76 Å². The SMILES string of the molecule is OC1CCc2c(Cc3ccco3)n[nH]c2C1. The minimum absolute atomic E-state index is 0.218. The molecule has 2 N–H and O–H groups in total. The van der Waals surface area contributed by atoms with Crippen molar-refractivity contribution in [2.45, 2.75) is 31.8 Å². The zero-order valence-electron chi connectivity index (χ0n) is 8.94. The second kappa shape index (κ2) is 3.79. The quantitative estimate of drug-likeness (QED) is 0.801. The molecule has 4 heteroatoms. The molecule has 1 aliphatic carbocycles. The first-order valence-electron chi connectivity index (χ1n) is 5.58. The predicted octanol–water partition coefficient (Wildman–Crippen LogP) is 1.44. The molecule has 0 bridgehead atoms. The van der Waals surface area contributed by atoms with E-state index in [-0.39, 0.29) is 6.10 Å². The number of aliphatic hydroxyl groups is 1. The average molecular weight is 218 g/mol. The van der Waals surface area contributed by atoms with E-state index in [1.807, 2.05) is 12.1 Å². The number of rotatable bonds is 2. The standard InChI is InChI=1S/C12H14N2O2/c15-8-3-4-10-11(6-8)13-14-12(10)7-9-2-1-5-16-9/h1-2,5,8,15H,3-4,6-7H2,(H,13,14). The third kappa shape index (κ3) is 1.65. The van der Waals surface area contributed by atoms with Crippen molar-refractivity contribution >= 4 is 0 Å². The molecular formula is C12H14N2O2. The van der Waals surface area contributed by atoms with Gasteiger partial charge in [-0.2, -0.15) is 5.10 Å². The number of hydrogen-bond acceptors (Lipinski definition) is 3. The van der Waals surface area contributed by atoms with E-state index in [0.717, 1.165) is 36.4 Å². The molecule has 0 fully saturated rings. The van der Waals surface area contributed by atoms with E-state index in [4.69, 9.17) is 4.42 Å². The van der Waals surface area contributed by atoms with Gasteiger partial charge in [-0.15, -0.1) is 0 Å². The molecular weight excluding hydrogens is 204 g/mol. The lowest BCUT2D eigenvalue weighted by molar-refractivity contribution is 0.157. The van der Waals surface area contributed by atoms with Crippen molar-refractivity contribution in [2.24, 2.45) is 0 Å². The molecule has 2 aromatic heterocycles. The van der Waals surface area contributed by atoms with Crippen LogP contribution in [0.5, 0.6) is 0 Å². The monoisotopic (exact) mass is 218 g/mol. The number of nitrogens with zero attached hydrogens (tertiary/aromatic N) is 1. The highest BCUT2D eigenvalue weighted by Gasteiger charge is 2.22. The Balaban J connectivity index is 1.86. The van der Waals surface area contributed by atoms with Crippen LogP contribution in [0.4, 0.5) is 0 Å². The maximum absolute atomic E-state index is 9.56. The van der Waals surface area contributed by atoms with Crippen LogP contribution < -0.4 is 0 Å². The van der Waals surface area contributed by atoms with Crippen LogP contribution in [0.25, 0.3) is 0 Å². The Hall–Kier alpha value is -1.55. The van der Waals surface area contributed by atoms with Gasteiger partial charge in [0.05, 0.1) is 24.5 Å². The van der Waals surface area contributed by atoms with Crippen molar-refractivity contribution < 1.29 is 9.52 Å². The van der Waals surface area contributed by atoms with E-state index in [1.165, 1.54) is 5.56 Å². The van der Waals surface area contributed by atoms with Gasteiger partial charge in [0.15, 0.2) is 0 Å². The highest BCUT2D eigenvalue weighted by molar-refractivity contribution is 5.30. The third-order valence-electron chi connectivity index (χ3n) is 3.13. The summed E-state index contributed by atoms with van der Waals surface area (Å²) < 4.78 is 5.32. The lowest BCUT2D eigenvalue weighted by Gasteiger charge is -2.16. The van der Waals surface area contributed by atoms with E-state index in [1.54, 1.807) is 6.26 Å². The Morgan fingerprint density at radius 1 is 1.56 bits per heavy atom. The van der Waals surface area contributed by atoms with Crippen molar-refractivity contribution in [3.63, 3.8) is 0 Å². The Kier molecular flexibility index (Phi) is 2.29. The van der Waals surface area contributed by atoms with Crippen molar-refractivity contribution in [1.29, 1.82) is 0 Å². The van der Waals surface area contributed by atoms with Crippen molar-refractivity contribution in [2.75, 3.05) is 0 Å². The molecule has 0 aliphatic heterocycles. The molecule has 1 unspecified atom stereocenters. The molecule has 4 nitrogen and oxygen atoms in total. The molecule has 0 spiro atoms.